The second-order valence-electron chi connectivity index (χ2n) is 9.12. The molecule has 1 saturated heterocycles. The largest absolute Gasteiger partial charge is 0.478 e. The van der Waals surface area contributed by atoms with Crippen molar-refractivity contribution in [2.75, 3.05) is 36.4 Å². The molecular weight excluding hydrogens is 474 g/mol. The average Bonchev–Trinajstić information content (AvgIpc) is 2.89. The van der Waals surface area contributed by atoms with Crippen molar-refractivity contribution in [3.8, 4) is 5.75 Å². The third kappa shape index (κ3) is 6.67. The van der Waals surface area contributed by atoms with Crippen LogP contribution in [0.3, 0.4) is 0 Å². The second kappa shape index (κ2) is 11.3. The Morgan fingerprint density at radius 1 is 0.889 bits per heavy atom. The molecular formula is C29H30ClN3O3. The lowest BCUT2D eigenvalue weighted by Gasteiger charge is -2.35. The Morgan fingerprint density at radius 2 is 1.53 bits per heavy atom. The molecule has 6 nitrogen and oxygen atoms in total. The zero-order valence-electron chi connectivity index (χ0n) is 20.5. The number of amides is 2. The fourth-order valence-electron chi connectivity index (χ4n) is 3.90. The second-order valence-corrected chi connectivity index (χ2v) is 9.56. The van der Waals surface area contributed by atoms with E-state index >= 15 is 0 Å². The first-order valence-corrected chi connectivity index (χ1v) is 12.3. The molecule has 0 spiro atoms. The highest BCUT2D eigenvalue weighted by molar-refractivity contribution is 6.30. The molecule has 186 valence electrons. The number of nitrogens with zero attached hydrogens (tertiary/aromatic N) is 2. The van der Waals surface area contributed by atoms with Gasteiger partial charge in [0.2, 0.25) is 5.91 Å². The van der Waals surface area contributed by atoms with E-state index in [0.717, 1.165) is 24.3 Å². The summed E-state index contributed by atoms with van der Waals surface area (Å²) in [5.74, 6) is 0.351. The van der Waals surface area contributed by atoms with Gasteiger partial charge >= 0.3 is 0 Å². The third-order valence-electron chi connectivity index (χ3n) is 6.03. The Labute approximate surface area is 217 Å². The first-order valence-electron chi connectivity index (χ1n) is 11.9. The number of nitrogens with one attached hydrogen (secondary N) is 1. The highest BCUT2D eigenvalue weighted by Gasteiger charge is 2.30. The minimum atomic E-state index is -1.07. The molecule has 3 aromatic rings. The molecule has 7 heteroatoms. The summed E-state index contributed by atoms with van der Waals surface area (Å²) in [6.07, 6.45) is 3.49. The maximum atomic E-state index is 12.8. The van der Waals surface area contributed by atoms with E-state index in [4.69, 9.17) is 16.3 Å². The van der Waals surface area contributed by atoms with Gasteiger partial charge < -0.3 is 19.9 Å². The maximum Gasteiger partial charge on any atom is 0.267 e. The smallest absolute Gasteiger partial charge is 0.267 e. The first kappa shape index (κ1) is 25.3. The first-order chi connectivity index (χ1) is 17.3. The lowest BCUT2D eigenvalue weighted by atomic mass is 10.1. The van der Waals surface area contributed by atoms with Crippen LogP contribution in [0.15, 0.2) is 84.9 Å². The average molecular weight is 504 g/mol. The van der Waals surface area contributed by atoms with Crippen LogP contribution in [-0.4, -0.2) is 48.5 Å². The highest BCUT2D eigenvalue weighted by Crippen LogP contribution is 2.24. The molecule has 1 aliphatic heterocycles. The number of halogens is 1. The number of hydrogen-bond donors (Lipinski definition) is 1. The van der Waals surface area contributed by atoms with Crippen molar-refractivity contribution in [1.82, 2.24) is 4.90 Å². The molecule has 2 amide bonds. The fraction of sp³-hybridized carbons (Fsp3) is 0.241. The van der Waals surface area contributed by atoms with E-state index in [1.54, 1.807) is 44.2 Å². The predicted octanol–water partition coefficient (Wildman–Crippen LogP) is 5.50. The van der Waals surface area contributed by atoms with Crippen molar-refractivity contribution in [1.29, 1.82) is 0 Å². The van der Waals surface area contributed by atoms with Crippen molar-refractivity contribution >= 4 is 40.9 Å². The van der Waals surface area contributed by atoms with Gasteiger partial charge in [-0.25, -0.2) is 0 Å². The standard InChI is InChI=1S/C29H30ClN3O3/c1-29(2,36-26-15-9-23(30)10-16-26)28(35)31-24-11-13-25(14-12-24)32-18-20-33(21-19-32)27(34)17-8-22-6-4-3-5-7-22/h3-17H,18-21H2,1-2H3,(H,31,35)/b17-8+. The third-order valence-corrected chi connectivity index (χ3v) is 6.29. The van der Waals surface area contributed by atoms with Gasteiger partial charge in [-0.2, -0.15) is 0 Å². The number of hydrogen-bond acceptors (Lipinski definition) is 4. The number of piperazine rings is 1. The van der Waals surface area contributed by atoms with E-state index in [-0.39, 0.29) is 11.8 Å². The summed E-state index contributed by atoms with van der Waals surface area (Å²) < 4.78 is 5.87. The zero-order valence-corrected chi connectivity index (χ0v) is 21.2. The summed E-state index contributed by atoms with van der Waals surface area (Å²) in [6, 6.07) is 24.5. The van der Waals surface area contributed by atoms with E-state index in [9.17, 15) is 9.59 Å². The van der Waals surface area contributed by atoms with Crippen molar-refractivity contribution in [3.05, 3.63) is 95.5 Å². The number of carbonyl (C=O) groups is 2. The topological polar surface area (TPSA) is 61.9 Å². The number of anilines is 2. The Balaban J connectivity index is 1.28. The van der Waals surface area contributed by atoms with Gasteiger partial charge in [0.1, 0.15) is 5.75 Å². The monoisotopic (exact) mass is 503 g/mol. The van der Waals surface area contributed by atoms with Crippen LogP contribution >= 0.6 is 11.6 Å². The van der Waals surface area contributed by atoms with Crippen molar-refractivity contribution in [2.45, 2.75) is 19.4 Å². The molecule has 1 fully saturated rings. The minimum Gasteiger partial charge on any atom is -0.478 e. The summed E-state index contributed by atoms with van der Waals surface area (Å²) in [5, 5.41) is 3.53. The summed E-state index contributed by atoms with van der Waals surface area (Å²) in [5.41, 5.74) is 1.69. The molecule has 3 aromatic carbocycles. The Kier molecular flexibility index (Phi) is 7.96. The van der Waals surface area contributed by atoms with Gasteiger partial charge in [-0.05, 0) is 74.0 Å². The van der Waals surface area contributed by atoms with Gasteiger partial charge in [0, 0.05) is 48.7 Å². The van der Waals surface area contributed by atoms with Crippen LogP contribution in [0.4, 0.5) is 11.4 Å². The van der Waals surface area contributed by atoms with E-state index in [0.29, 0.717) is 29.5 Å². The van der Waals surface area contributed by atoms with Crippen LogP contribution in [0, 0.1) is 0 Å². The Hall–Kier alpha value is -3.77. The summed E-state index contributed by atoms with van der Waals surface area (Å²) in [4.78, 5) is 29.5. The van der Waals surface area contributed by atoms with Crippen LogP contribution in [0.1, 0.15) is 19.4 Å². The van der Waals surface area contributed by atoms with Crippen LogP contribution in [0.25, 0.3) is 6.08 Å². The van der Waals surface area contributed by atoms with Gasteiger partial charge in [0.25, 0.3) is 5.91 Å². The van der Waals surface area contributed by atoms with Gasteiger partial charge in [-0.1, -0.05) is 41.9 Å². The molecule has 4 rings (SSSR count). The van der Waals surface area contributed by atoms with E-state index in [1.165, 1.54) is 0 Å². The van der Waals surface area contributed by atoms with Crippen LogP contribution < -0.4 is 15.0 Å². The molecule has 1 aliphatic rings. The summed E-state index contributed by atoms with van der Waals surface area (Å²) in [6.45, 7) is 6.26. The Morgan fingerprint density at radius 3 is 2.17 bits per heavy atom. The zero-order chi connectivity index (χ0) is 25.5. The molecule has 0 aromatic heterocycles. The molecule has 1 heterocycles. The summed E-state index contributed by atoms with van der Waals surface area (Å²) in [7, 11) is 0. The van der Waals surface area contributed by atoms with E-state index < -0.39 is 5.60 Å². The molecule has 0 radical (unpaired) electrons. The SMILES string of the molecule is CC(C)(Oc1ccc(Cl)cc1)C(=O)Nc1ccc(N2CCN(C(=O)/C=C/c3ccccc3)CC2)cc1. The molecule has 0 saturated carbocycles. The molecule has 0 bridgehead atoms. The van der Waals surface area contributed by atoms with Crippen LogP contribution in [-0.2, 0) is 9.59 Å². The highest BCUT2D eigenvalue weighted by atomic mass is 35.5. The number of carbonyl (C=O) groups excluding carboxylic acids is 2. The lowest BCUT2D eigenvalue weighted by molar-refractivity contribution is -0.128. The Bertz CT molecular complexity index is 1200. The quantitative estimate of drug-likeness (QED) is 0.432. The molecule has 0 unspecified atom stereocenters. The minimum absolute atomic E-state index is 0.0278. The van der Waals surface area contributed by atoms with Gasteiger partial charge in [0.15, 0.2) is 5.60 Å². The molecule has 0 aliphatic carbocycles. The van der Waals surface area contributed by atoms with E-state index in [1.807, 2.05) is 65.6 Å². The summed E-state index contributed by atoms with van der Waals surface area (Å²) >= 11 is 5.92. The molecule has 0 atom stereocenters. The lowest BCUT2D eigenvalue weighted by Crippen LogP contribution is -2.48. The number of rotatable bonds is 7. The van der Waals surface area contributed by atoms with Gasteiger partial charge in [0.05, 0.1) is 0 Å². The van der Waals surface area contributed by atoms with Crippen LogP contribution in [0.2, 0.25) is 5.02 Å². The normalized spacial score (nSPS) is 14.1. The predicted molar refractivity (Wildman–Crippen MR) is 145 cm³/mol. The van der Waals surface area contributed by atoms with Gasteiger partial charge in [-0.3, -0.25) is 9.59 Å². The van der Waals surface area contributed by atoms with Crippen molar-refractivity contribution in [3.63, 3.8) is 0 Å². The maximum absolute atomic E-state index is 12.8. The van der Waals surface area contributed by atoms with Crippen molar-refractivity contribution in [2.24, 2.45) is 0 Å². The molecule has 1 N–H and O–H groups in total. The van der Waals surface area contributed by atoms with Crippen molar-refractivity contribution < 1.29 is 14.3 Å². The number of benzene rings is 3. The van der Waals surface area contributed by atoms with Crippen LogP contribution in [0.5, 0.6) is 5.75 Å². The van der Waals surface area contributed by atoms with E-state index in [2.05, 4.69) is 10.2 Å². The number of ether oxygens (including phenoxy) is 1. The molecule has 36 heavy (non-hydrogen) atoms. The van der Waals surface area contributed by atoms with Gasteiger partial charge in [-0.15, -0.1) is 0 Å². The fourth-order valence-corrected chi connectivity index (χ4v) is 4.03.